The zero-order valence-corrected chi connectivity index (χ0v) is 13.0. The maximum absolute atomic E-state index is 11.9. The summed E-state index contributed by atoms with van der Waals surface area (Å²) in [6.45, 7) is 1.80. The number of rotatable bonds is 5. The second kappa shape index (κ2) is 7.34. The Morgan fingerprint density at radius 2 is 1.86 bits per heavy atom. The summed E-state index contributed by atoms with van der Waals surface area (Å²) in [6.07, 6.45) is 0. The van der Waals surface area contributed by atoms with E-state index in [-0.39, 0.29) is 18.6 Å². The van der Waals surface area contributed by atoms with Gasteiger partial charge in [0.05, 0.1) is 11.1 Å². The van der Waals surface area contributed by atoms with Crippen LogP contribution in [0, 0.1) is 0 Å². The molecule has 0 aliphatic rings. The average Bonchev–Trinajstić information content (AvgIpc) is 2.49. The monoisotopic (exact) mass is 323 g/mol. The summed E-state index contributed by atoms with van der Waals surface area (Å²) in [6, 6.07) is 14.7. The largest absolute Gasteiger partial charge is 0.482 e. The van der Waals surface area contributed by atoms with E-state index >= 15 is 0 Å². The van der Waals surface area contributed by atoms with Crippen LogP contribution >= 0.6 is 23.2 Å². The summed E-state index contributed by atoms with van der Waals surface area (Å²) in [5.74, 6) is 0.175. The maximum atomic E-state index is 11.9. The summed E-state index contributed by atoms with van der Waals surface area (Å²) in [5, 5.41) is 3.56. The maximum Gasteiger partial charge on any atom is 0.258 e. The minimum Gasteiger partial charge on any atom is -0.482 e. The Labute approximate surface area is 133 Å². The highest BCUT2D eigenvalue weighted by Gasteiger charge is 2.11. The van der Waals surface area contributed by atoms with Gasteiger partial charge >= 0.3 is 0 Å². The molecule has 3 nitrogen and oxygen atoms in total. The second-order valence-corrected chi connectivity index (χ2v) is 5.33. The topological polar surface area (TPSA) is 38.3 Å². The van der Waals surface area contributed by atoms with Crippen LogP contribution in [0.15, 0.2) is 48.5 Å². The fourth-order valence-electron chi connectivity index (χ4n) is 1.85. The van der Waals surface area contributed by atoms with Gasteiger partial charge in [-0.15, -0.1) is 0 Å². The molecule has 2 rings (SSSR count). The number of amides is 1. The van der Waals surface area contributed by atoms with Crippen molar-refractivity contribution in [2.24, 2.45) is 0 Å². The number of benzene rings is 2. The lowest BCUT2D eigenvalue weighted by Gasteiger charge is -2.15. The highest BCUT2D eigenvalue weighted by molar-refractivity contribution is 6.42. The first kappa shape index (κ1) is 15.7. The van der Waals surface area contributed by atoms with Crippen LogP contribution in [0.25, 0.3) is 0 Å². The summed E-state index contributed by atoms with van der Waals surface area (Å²) < 4.78 is 5.39. The molecule has 1 N–H and O–H groups in total. The Hall–Kier alpha value is -1.71. The molecule has 0 aliphatic heterocycles. The van der Waals surface area contributed by atoms with Crippen LogP contribution in [-0.2, 0) is 4.79 Å². The van der Waals surface area contributed by atoms with Gasteiger partial charge in [-0.2, -0.15) is 0 Å². The van der Waals surface area contributed by atoms with Crippen molar-refractivity contribution >= 4 is 29.1 Å². The zero-order chi connectivity index (χ0) is 15.2. The van der Waals surface area contributed by atoms with Crippen LogP contribution in [0.4, 0.5) is 0 Å². The molecule has 0 unspecified atom stereocenters. The van der Waals surface area contributed by atoms with Crippen LogP contribution in [0.2, 0.25) is 10.0 Å². The highest BCUT2D eigenvalue weighted by Crippen LogP contribution is 2.31. The van der Waals surface area contributed by atoms with Crippen molar-refractivity contribution in [2.75, 3.05) is 6.61 Å². The third-order valence-electron chi connectivity index (χ3n) is 2.95. The minimum absolute atomic E-state index is 0.0860. The minimum atomic E-state index is -0.220. The van der Waals surface area contributed by atoms with Gasteiger partial charge in [0.25, 0.3) is 5.91 Å². The lowest BCUT2D eigenvalue weighted by Crippen LogP contribution is -2.31. The molecule has 1 amide bonds. The predicted molar refractivity (Wildman–Crippen MR) is 85.0 cm³/mol. The summed E-state index contributed by atoms with van der Waals surface area (Å²) in [4.78, 5) is 11.9. The molecular formula is C16H15Cl2NO2. The molecule has 2 aromatic carbocycles. The van der Waals surface area contributed by atoms with Crippen LogP contribution < -0.4 is 10.1 Å². The van der Waals surface area contributed by atoms with Gasteiger partial charge in [-0.05, 0) is 24.6 Å². The van der Waals surface area contributed by atoms with E-state index in [4.69, 9.17) is 27.9 Å². The van der Waals surface area contributed by atoms with E-state index in [1.165, 1.54) is 0 Å². The van der Waals surface area contributed by atoms with Gasteiger partial charge in [0, 0.05) is 0 Å². The molecule has 0 spiro atoms. The number of ether oxygens (including phenoxy) is 1. The second-order valence-electron chi connectivity index (χ2n) is 4.54. The Balaban J connectivity index is 1.89. The number of hydrogen-bond acceptors (Lipinski definition) is 2. The van der Waals surface area contributed by atoms with Crippen molar-refractivity contribution < 1.29 is 9.53 Å². The number of halogens is 2. The van der Waals surface area contributed by atoms with E-state index < -0.39 is 0 Å². The standard InChI is InChI=1S/C16H15Cl2NO2/c1-11(12-6-3-2-4-7-12)19-15(20)10-21-14-9-5-8-13(17)16(14)18/h2-9,11H,10H2,1H3,(H,19,20)/t11-/m0/s1. The summed E-state index contributed by atoms with van der Waals surface area (Å²) >= 11 is 11.9. The third-order valence-corrected chi connectivity index (χ3v) is 3.75. The Morgan fingerprint density at radius 1 is 1.14 bits per heavy atom. The van der Waals surface area contributed by atoms with E-state index in [0.29, 0.717) is 15.8 Å². The van der Waals surface area contributed by atoms with Crippen molar-refractivity contribution in [1.82, 2.24) is 5.32 Å². The molecule has 2 aromatic rings. The number of nitrogens with one attached hydrogen (secondary N) is 1. The SMILES string of the molecule is C[C@H](NC(=O)COc1cccc(Cl)c1Cl)c1ccccc1. The molecule has 110 valence electrons. The lowest BCUT2D eigenvalue weighted by molar-refractivity contribution is -0.123. The van der Waals surface area contributed by atoms with Gasteiger partial charge in [-0.25, -0.2) is 0 Å². The average molecular weight is 324 g/mol. The van der Waals surface area contributed by atoms with Crippen molar-refractivity contribution in [2.45, 2.75) is 13.0 Å². The van der Waals surface area contributed by atoms with Gasteiger partial charge in [0.2, 0.25) is 0 Å². The van der Waals surface area contributed by atoms with Crippen molar-refractivity contribution in [3.8, 4) is 5.75 Å². The smallest absolute Gasteiger partial charge is 0.258 e. The van der Waals surface area contributed by atoms with E-state index in [1.807, 2.05) is 37.3 Å². The number of hydrogen-bond donors (Lipinski definition) is 1. The number of carbonyl (C=O) groups is 1. The normalized spacial score (nSPS) is 11.8. The first-order valence-corrected chi connectivity index (χ1v) is 7.24. The fraction of sp³-hybridized carbons (Fsp3) is 0.188. The van der Waals surface area contributed by atoms with E-state index in [9.17, 15) is 4.79 Å². The van der Waals surface area contributed by atoms with Crippen LogP contribution in [0.5, 0.6) is 5.75 Å². The van der Waals surface area contributed by atoms with Crippen molar-refractivity contribution in [3.05, 3.63) is 64.1 Å². The third kappa shape index (κ3) is 4.38. The number of carbonyl (C=O) groups excluding carboxylic acids is 1. The molecule has 0 saturated heterocycles. The van der Waals surface area contributed by atoms with Crippen LogP contribution in [-0.4, -0.2) is 12.5 Å². The lowest BCUT2D eigenvalue weighted by atomic mass is 10.1. The highest BCUT2D eigenvalue weighted by atomic mass is 35.5. The molecule has 0 bridgehead atoms. The first-order chi connectivity index (χ1) is 10.1. The first-order valence-electron chi connectivity index (χ1n) is 6.49. The van der Waals surface area contributed by atoms with Crippen LogP contribution in [0.3, 0.4) is 0 Å². The van der Waals surface area contributed by atoms with E-state index in [2.05, 4.69) is 5.32 Å². The van der Waals surface area contributed by atoms with E-state index in [1.54, 1.807) is 18.2 Å². The predicted octanol–water partition coefficient (Wildman–Crippen LogP) is 4.25. The van der Waals surface area contributed by atoms with Crippen LogP contribution in [0.1, 0.15) is 18.5 Å². The summed E-state index contributed by atoms with van der Waals surface area (Å²) in [5.41, 5.74) is 1.03. The van der Waals surface area contributed by atoms with Gasteiger partial charge in [-0.1, -0.05) is 59.6 Å². The van der Waals surface area contributed by atoms with Gasteiger partial charge < -0.3 is 10.1 Å². The Morgan fingerprint density at radius 3 is 2.57 bits per heavy atom. The van der Waals surface area contributed by atoms with Gasteiger partial charge in [-0.3, -0.25) is 4.79 Å². The zero-order valence-electron chi connectivity index (χ0n) is 11.5. The molecule has 0 aliphatic carbocycles. The molecule has 0 fully saturated rings. The Bertz CT molecular complexity index is 617. The fourth-order valence-corrected chi connectivity index (χ4v) is 2.19. The molecule has 0 radical (unpaired) electrons. The quantitative estimate of drug-likeness (QED) is 0.893. The van der Waals surface area contributed by atoms with Crippen molar-refractivity contribution in [3.63, 3.8) is 0 Å². The van der Waals surface area contributed by atoms with Gasteiger partial charge in [0.1, 0.15) is 10.8 Å². The molecule has 5 heteroatoms. The molecule has 0 saturated carbocycles. The van der Waals surface area contributed by atoms with Crippen molar-refractivity contribution in [1.29, 1.82) is 0 Å². The van der Waals surface area contributed by atoms with Gasteiger partial charge in [0.15, 0.2) is 6.61 Å². The molecule has 21 heavy (non-hydrogen) atoms. The molecule has 0 aromatic heterocycles. The Kier molecular flexibility index (Phi) is 5.48. The molecular weight excluding hydrogens is 309 g/mol. The van der Waals surface area contributed by atoms with E-state index in [0.717, 1.165) is 5.56 Å². The summed E-state index contributed by atoms with van der Waals surface area (Å²) in [7, 11) is 0. The molecule has 0 heterocycles. The molecule has 1 atom stereocenters.